The fraction of sp³-hybridized carbons (Fsp3) is 0.500. The second-order valence-electron chi connectivity index (χ2n) is 5.35. The van der Waals surface area contributed by atoms with Gasteiger partial charge in [0.25, 0.3) is 0 Å². The molecule has 1 aliphatic heterocycles. The van der Waals surface area contributed by atoms with Crippen LogP contribution in [0.5, 0.6) is 0 Å². The standard InChI is InChI=1S/C14H16BrF3N2O4S/c15-11-1-3-12(4-2-11)25(22,23)20-7-5-19(6-8-20)13(21)9-24-10-14(16,17)18/h1-4H,5-10H2. The van der Waals surface area contributed by atoms with Gasteiger partial charge >= 0.3 is 6.18 Å². The number of carbonyl (C=O) groups is 1. The summed E-state index contributed by atoms with van der Waals surface area (Å²) in [6.45, 7) is -1.82. The molecule has 0 atom stereocenters. The zero-order valence-corrected chi connectivity index (χ0v) is 15.4. The Kier molecular flexibility index (Phi) is 6.46. The summed E-state index contributed by atoms with van der Waals surface area (Å²) in [6.07, 6.45) is -4.49. The van der Waals surface area contributed by atoms with Gasteiger partial charge in [-0.25, -0.2) is 8.42 Å². The Bertz CT molecular complexity index is 702. The normalized spacial score (nSPS) is 16.9. The van der Waals surface area contributed by atoms with Crippen LogP contribution in [0.2, 0.25) is 0 Å². The second-order valence-corrected chi connectivity index (χ2v) is 8.20. The van der Waals surface area contributed by atoms with Crippen molar-refractivity contribution >= 4 is 31.9 Å². The average molecular weight is 445 g/mol. The topological polar surface area (TPSA) is 66.9 Å². The number of piperazine rings is 1. The number of carbonyl (C=O) groups excluding carboxylic acids is 1. The summed E-state index contributed by atoms with van der Waals surface area (Å²) in [5.41, 5.74) is 0. The van der Waals surface area contributed by atoms with E-state index in [1.807, 2.05) is 0 Å². The molecular weight excluding hydrogens is 429 g/mol. The first-order valence-corrected chi connectivity index (χ1v) is 9.51. The van der Waals surface area contributed by atoms with Gasteiger partial charge < -0.3 is 9.64 Å². The zero-order valence-electron chi connectivity index (χ0n) is 13.0. The average Bonchev–Trinajstić information content (AvgIpc) is 2.54. The Labute approximate surface area is 151 Å². The lowest BCUT2D eigenvalue weighted by atomic mass is 10.3. The van der Waals surface area contributed by atoms with Crippen LogP contribution in [0.25, 0.3) is 0 Å². The van der Waals surface area contributed by atoms with Crippen LogP contribution in [0, 0.1) is 0 Å². The van der Waals surface area contributed by atoms with Crippen molar-refractivity contribution in [2.45, 2.75) is 11.1 Å². The van der Waals surface area contributed by atoms with Crippen molar-refractivity contribution in [3.63, 3.8) is 0 Å². The fourth-order valence-electron chi connectivity index (χ4n) is 2.28. The summed E-state index contributed by atoms with van der Waals surface area (Å²) in [7, 11) is -3.67. The van der Waals surface area contributed by atoms with Gasteiger partial charge in [-0.05, 0) is 24.3 Å². The largest absolute Gasteiger partial charge is 0.411 e. The molecule has 1 saturated heterocycles. The molecule has 1 heterocycles. The molecule has 0 aromatic heterocycles. The van der Waals surface area contributed by atoms with Gasteiger partial charge in [-0.2, -0.15) is 17.5 Å². The molecule has 2 rings (SSSR count). The van der Waals surface area contributed by atoms with Crippen LogP contribution in [0.4, 0.5) is 13.2 Å². The van der Waals surface area contributed by atoms with Gasteiger partial charge in [-0.15, -0.1) is 0 Å². The third kappa shape index (κ3) is 5.66. The molecule has 0 N–H and O–H groups in total. The smallest absolute Gasteiger partial charge is 0.362 e. The number of halogens is 4. The molecule has 6 nitrogen and oxygen atoms in total. The summed E-state index contributed by atoms with van der Waals surface area (Å²) in [6, 6.07) is 6.18. The van der Waals surface area contributed by atoms with Gasteiger partial charge in [-0.1, -0.05) is 15.9 Å². The maximum Gasteiger partial charge on any atom is 0.411 e. The van der Waals surface area contributed by atoms with E-state index >= 15 is 0 Å². The summed E-state index contributed by atoms with van der Waals surface area (Å²) in [5.74, 6) is -0.593. The van der Waals surface area contributed by atoms with Gasteiger partial charge in [0, 0.05) is 30.7 Å². The highest BCUT2D eigenvalue weighted by atomic mass is 79.9. The number of nitrogens with zero attached hydrogens (tertiary/aromatic N) is 2. The first-order valence-electron chi connectivity index (χ1n) is 7.27. The lowest BCUT2D eigenvalue weighted by Crippen LogP contribution is -2.51. The lowest BCUT2D eigenvalue weighted by molar-refractivity contribution is -0.178. The van der Waals surface area contributed by atoms with Gasteiger partial charge in [0.2, 0.25) is 15.9 Å². The van der Waals surface area contributed by atoms with Crippen LogP contribution in [0.1, 0.15) is 0 Å². The Morgan fingerprint density at radius 2 is 1.68 bits per heavy atom. The molecule has 0 unspecified atom stereocenters. The van der Waals surface area contributed by atoms with Crippen molar-refractivity contribution in [1.82, 2.24) is 9.21 Å². The summed E-state index contributed by atoms with van der Waals surface area (Å²) in [4.78, 5) is 13.2. The summed E-state index contributed by atoms with van der Waals surface area (Å²) >= 11 is 3.23. The molecule has 1 fully saturated rings. The molecule has 1 aromatic rings. The van der Waals surface area contributed by atoms with Crippen molar-refractivity contribution in [3.05, 3.63) is 28.7 Å². The van der Waals surface area contributed by atoms with Gasteiger partial charge in [0.15, 0.2) is 0 Å². The van der Waals surface area contributed by atoms with E-state index in [9.17, 15) is 26.4 Å². The number of amides is 1. The van der Waals surface area contributed by atoms with Crippen LogP contribution in [0.3, 0.4) is 0 Å². The number of rotatable bonds is 5. The van der Waals surface area contributed by atoms with E-state index in [2.05, 4.69) is 20.7 Å². The van der Waals surface area contributed by atoms with Crippen LogP contribution in [-0.2, 0) is 19.6 Å². The molecule has 140 valence electrons. The number of ether oxygens (including phenoxy) is 1. The molecule has 0 aliphatic carbocycles. The van der Waals surface area contributed by atoms with Gasteiger partial charge in [0.1, 0.15) is 13.2 Å². The van der Waals surface area contributed by atoms with E-state index in [1.165, 1.54) is 21.3 Å². The van der Waals surface area contributed by atoms with Crippen LogP contribution >= 0.6 is 15.9 Å². The van der Waals surface area contributed by atoms with Crippen molar-refractivity contribution in [1.29, 1.82) is 0 Å². The molecular formula is C14H16BrF3N2O4S. The highest BCUT2D eigenvalue weighted by molar-refractivity contribution is 9.10. The minimum Gasteiger partial charge on any atom is -0.362 e. The SMILES string of the molecule is O=C(COCC(F)(F)F)N1CCN(S(=O)(=O)c2ccc(Br)cc2)CC1. The van der Waals surface area contributed by atoms with Crippen LogP contribution < -0.4 is 0 Å². The Balaban J connectivity index is 1.88. The fourth-order valence-corrected chi connectivity index (χ4v) is 3.97. The quantitative estimate of drug-likeness (QED) is 0.694. The minimum absolute atomic E-state index is 0.0728. The van der Waals surface area contributed by atoms with Crippen molar-refractivity contribution < 1.29 is 31.1 Å². The van der Waals surface area contributed by atoms with Crippen LogP contribution in [0.15, 0.2) is 33.6 Å². The molecule has 1 amide bonds. The predicted octanol–water partition coefficient (Wildman–Crippen LogP) is 1.86. The number of sulfonamides is 1. The molecule has 11 heteroatoms. The van der Waals surface area contributed by atoms with E-state index in [0.29, 0.717) is 0 Å². The zero-order chi connectivity index (χ0) is 18.7. The van der Waals surface area contributed by atoms with E-state index < -0.39 is 35.3 Å². The third-order valence-electron chi connectivity index (χ3n) is 3.53. The molecule has 0 radical (unpaired) electrons. The minimum atomic E-state index is -4.49. The summed E-state index contributed by atoms with van der Waals surface area (Å²) in [5, 5.41) is 0. The molecule has 0 spiro atoms. The van der Waals surface area contributed by atoms with Crippen molar-refractivity contribution in [2.75, 3.05) is 39.4 Å². The molecule has 0 bridgehead atoms. The number of hydrogen-bond donors (Lipinski definition) is 0. The van der Waals surface area contributed by atoms with E-state index in [4.69, 9.17) is 0 Å². The molecule has 1 aliphatic rings. The van der Waals surface area contributed by atoms with Crippen LogP contribution in [-0.4, -0.2) is 69.1 Å². The van der Waals surface area contributed by atoms with E-state index in [-0.39, 0.29) is 31.1 Å². The maximum absolute atomic E-state index is 12.5. The number of benzene rings is 1. The Morgan fingerprint density at radius 3 is 2.20 bits per heavy atom. The van der Waals surface area contributed by atoms with Crippen molar-refractivity contribution in [2.24, 2.45) is 0 Å². The van der Waals surface area contributed by atoms with Gasteiger partial charge in [0.05, 0.1) is 4.90 Å². The number of hydrogen-bond acceptors (Lipinski definition) is 4. The highest BCUT2D eigenvalue weighted by Gasteiger charge is 2.31. The monoisotopic (exact) mass is 444 g/mol. The number of alkyl halides is 3. The third-order valence-corrected chi connectivity index (χ3v) is 5.98. The Morgan fingerprint density at radius 1 is 1.12 bits per heavy atom. The maximum atomic E-state index is 12.5. The lowest BCUT2D eigenvalue weighted by Gasteiger charge is -2.34. The van der Waals surface area contributed by atoms with Gasteiger partial charge in [-0.3, -0.25) is 4.79 Å². The Hall–Kier alpha value is -1.17. The van der Waals surface area contributed by atoms with Crippen molar-refractivity contribution in [3.8, 4) is 0 Å². The highest BCUT2D eigenvalue weighted by Crippen LogP contribution is 2.20. The van der Waals surface area contributed by atoms with E-state index in [0.717, 1.165) is 4.47 Å². The predicted molar refractivity (Wildman–Crippen MR) is 86.4 cm³/mol. The molecule has 1 aromatic carbocycles. The molecule has 25 heavy (non-hydrogen) atoms. The first kappa shape index (κ1) is 20.1. The summed E-state index contributed by atoms with van der Waals surface area (Å²) < 4.78 is 67.3. The first-order chi connectivity index (χ1) is 11.6. The second kappa shape index (κ2) is 8.02. The van der Waals surface area contributed by atoms with E-state index in [1.54, 1.807) is 12.1 Å². The molecule has 0 saturated carbocycles.